The summed E-state index contributed by atoms with van der Waals surface area (Å²) in [6.07, 6.45) is 2.29. The van der Waals surface area contributed by atoms with Gasteiger partial charge in [-0.25, -0.2) is 9.97 Å². The molecule has 50 valence electrons. The van der Waals surface area contributed by atoms with Gasteiger partial charge in [-0.1, -0.05) is 5.16 Å². The number of rotatable bonds is 0. The van der Waals surface area contributed by atoms with Crippen LogP contribution in [0.1, 0.15) is 0 Å². The van der Waals surface area contributed by atoms with Gasteiger partial charge in [0.15, 0.2) is 5.52 Å². The summed E-state index contributed by atoms with van der Waals surface area (Å²) in [6, 6.07) is 0. The Balaban J connectivity index is 2.86. The van der Waals surface area contributed by atoms with E-state index in [0.717, 1.165) is 6.20 Å². The van der Waals surface area contributed by atoms with Gasteiger partial charge in [-0.15, -0.1) is 0 Å². The second kappa shape index (κ2) is 1.73. The summed E-state index contributed by atoms with van der Waals surface area (Å²) < 4.78 is 16.9. The van der Waals surface area contributed by atoms with Crippen molar-refractivity contribution in [3.8, 4) is 0 Å². The maximum atomic E-state index is 12.3. The number of aromatic nitrogens is 3. The second-order valence-electron chi connectivity index (χ2n) is 1.71. The van der Waals surface area contributed by atoms with Crippen LogP contribution in [0.5, 0.6) is 0 Å². The molecule has 2 rings (SSSR count). The van der Waals surface area contributed by atoms with Crippen LogP contribution < -0.4 is 0 Å². The largest absolute Gasteiger partial charge is 0.334 e. The molecule has 0 aliphatic carbocycles. The number of nitrogens with zero attached hydrogens (tertiary/aromatic N) is 3. The molecule has 0 aliphatic heterocycles. The molecule has 4 nitrogen and oxygen atoms in total. The lowest BCUT2D eigenvalue weighted by Gasteiger charge is -1.82. The Bertz CT molecular complexity index is 358. The molecule has 0 aromatic carbocycles. The molecule has 2 aromatic heterocycles. The molecule has 0 saturated heterocycles. The molecule has 0 bridgehead atoms. The number of fused-ring (bicyclic) bond motifs is 1. The molecule has 0 unspecified atom stereocenters. The molecule has 0 aliphatic rings. The van der Waals surface area contributed by atoms with Crippen molar-refractivity contribution in [2.75, 3.05) is 0 Å². The van der Waals surface area contributed by atoms with E-state index in [2.05, 4.69) is 19.6 Å². The first-order valence-corrected chi connectivity index (χ1v) is 2.59. The third-order valence-electron chi connectivity index (χ3n) is 1.05. The van der Waals surface area contributed by atoms with E-state index in [4.69, 9.17) is 0 Å². The molecule has 0 N–H and O–H groups in total. The minimum absolute atomic E-state index is 0.251. The highest BCUT2D eigenvalue weighted by Gasteiger charge is 2.00. The number of hydrogen-bond acceptors (Lipinski definition) is 4. The summed E-state index contributed by atoms with van der Waals surface area (Å²) in [4.78, 5) is 7.02. The van der Waals surface area contributed by atoms with Crippen LogP contribution in [0.4, 0.5) is 4.39 Å². The summed E-state index contributed by atoms with van der Waals surface area (Å²) in [6.45, 7) is 0. The zero-order valence-electron chi connectivity index (χ0n) is 4.78. The predicted molar refractivity (Wildman–Crippen MR) is 29.6 cm³/mol. The molecule has 0 saturated carbocycles. The van der Waals surface area contributed by atoms with Gasteiger partial charge in [-0.3, -0.25) is 0 Å². The van der Waals surface area contributed by atoms with Crippen molar-refractivity contribution >= 4 is 11.2 Å². The van der Waals surface area contributed by atoms with E-state index in [0.29, 0.717) is 5.52 Å². The van der Waals surface area contributed by atoms with E-state index in [1.54, 1.807) is 0 Å². The number of halogens is 1. The molecule has 0 spiro atoms. The van der Waals surface area contributed by atoms with Crippen molar-refractivity contribution in [1.82, 2.24) is 15.1 Å². The van der Waals surface area contributed by atoms with Gasteiger partial charge in [0.25, 0.3) is 5.71 Å². The van der Waals surface area contributed by atoms with Crippen LogP contribution in [0.3, 0.4) is 0 Å². The molecule has 0 atom stereocenters. The minimum atomic E-state index is -0.629. The van der Waals surface area contributed by atoms with Gasteiger partial charge in [0.2, 0.25) is 5.95 Å². The van der Waals surface area contributed by atoms with Crippen molar-refractivity contribution in [2.24, 2.45) is 0 Å². The quantitative estimate of drug-likeness (QED) is 0.540. The van der Waals surface area contributed by atoms with E-state index < -0.39 is 5.95 Å². The highest BCUT2D eigenvalue weighted by atomic mass is 19.1. The summed E-state index contributed by atoms with van der Waals surface area (Å²) in [5.74, 6) is -0.629. The zero-order valence-corrected chi connectivity index (χ0v) is 4.78. The van der Waals surface area contributed by atoms with Crippen LogP contribution in [0.25, 0.3) is 11.2 Å². The standard InChI is InChI=1S/C5H2FN3O/c6-4-2-7-5-3(9-4)1-8-10-5/h1-2H. The van der Waals surface area contributed by atoms with Gasteiger partial charge in [-0.05, 0) is 0 Å². The number of hydrogen-bond donors (Lipinski definition) is 0. The normalized spacial score (nSPS) is 10.5. The van der Waals surface area contributed by atoms with Crippen molar-refractivity contribution in [2.45, 2.75) is 0 Å². The Morgan fingerprint density at radius 2 is 2.30 bits per heavy atom. The Morgan fingerprint density at radius 3 is 3.20 bits per heavy atom. The fraction of sp³-hybridized carbons (Fsp3) is 0. The molecule has 2 aromatic rings. The zero-order chi connectivity index (χ0) is 6.97. The van der Waals surface area contributed by atoms with Crippen molar-refractivity contribution in [1.29, 1.82) is 0 Å². The maximum absolute atomic E-state index is 12.3. The third-order valence-corrected chi connectivity index (χ3v) is 1.05. The Kier molecular flexibility index (Phi) is 0.913. The van der Waals surface area contributed by atoms with E-state index in [1.807, 2.05) is 0 Å². The van der Waals surface area contributed by atoms with Gasteiger partial charge in [0, 0.05) is 0 Å². The van der Waals surface area contributed by atoms with Crippen LogP contribution in [0, 0.1) is 5.95 Å². The van der Waals surface area contributed by atoms with Crippen LogP contribution in [0.2, 0.25) is 0 Å². The Hall–Kier alpha value is -1.52. The van der Waals surface area contributed by atoms with Gasteiger partial charge in [-0.2, -0.15) is 4.39 Å². The predicted octanol–water partition coefficient (Wildman–Crippen LogP) is 0.757. The monoisotopic (exact) mass is 139 g/mol. The average molecular weight is 139 g/mol. The molecule has 5 heteroatoms. The summed E-state index contributed by atoms with van der Waals surface area (Å²) in [5.41, 5.74) is 0.585. The Morgan fingerprint density at radius 1 is 1.40 bits per heavy atom. The molecular formula is C5H2FN3O. The van der Waals surface area contributed by atoms with Gasteiger partial charge >= 0.3 is 0 Å². The SMILES string of the molecule is Fc1cnc2oncc2n1. The lowest BCUT2D eigenvalue weighted by molar-refractivity contribution is 0.447. The van der Waals surface area contributed by atoms with Crippen molar-refractivity contribution in [3.63, 3.8) is 0 Å². The maximum Gasteiger partial charge on any atom is 0.276 e. The fourth-order valence-electron chi connectivity index (χ4n) is 0.650. The topological polar surface area (TPSA) is 51.8 Å². The lowest BCUT2D eigenvalue weighted by atomic mass is 10.6. The van der Waals surface area contributed by atoms with Crippen LogP contribution in [0.15, 0.2) is 16.9 Å². The second-order valence-corrected chi connectivity index (χ2v) is 1.71. The average Bonchev–Trinajstić information content (AvgIpc) is 2.33. The van der Waals surface area contributed by atoms with E-state index in [9.17, 15) is 4.39 Å². The summed E-state index contributed by atoms with van der Waals surface area (Å²) in [7, 11) is 0. The molecule has 2 heterocycles. The minimum Gasteiger partial charge on any atom is -0.334 e. The first kappa shape index (κ1) is 5.28. The van der Waals surface area contributed by atoms with Crippen LogP contribution in [-0.4, -0.2) is 15.1 Å². The highest BCUT2D eigenvalue weighted by Crippen LogP contribution is 2.05. The van der Waals surface area contributed by atoms with Crippen LogP contribution in [-0.2, 0) is 0 Å². The molecule has 0 amide bonds. The molecule has 0 fully saturated rings. The molecule has 10 heavy (non-hydrogen) atoms. The summed E-state index contributed by atoms with van der Waals surface area (Å²) >= 11 is 0. The van der Waals surface area contributed by atoms with Crippen molar-refractivity contribution < 1.29 is 8.91 Å². The first-order valence-electron chi connectivity index (χ1n) is 2.59. The van der Waals surface area contributed by atoms with E-state index >= 15 is 0 Å². The third kappa shape index (κ3) is 0.637. The van der Waals surface area contributed by atoms with E-state index in [-0.39, 0.29) is 5.71 Å². The first-order chi connectivity index (χ1) is 4.86. The van der Waals surface area contributed by atoms with Gasteiger partial charge < -0.3 is 4.52 Å². The van der Waals surface area contributed by atoms with Crippen LogP contribution >= 0.6 is 0 Å². The van der Waals surface area contributed by atoms with Gasteiger partial charge in [0.1, 0.15) is 0 Å². The highest BCUT2D eigenvalue weighted by molar-refractivity contribution is 5.64. The molecule has 0 radical (unpaired) electrons. The van der Waals surface area contributed by atoms with Gasteiger partial charge in [0.05, 0.1) is 12.4 Å². The summed E-state index contributed by atoms with van der Waals surface area (Å²) in [5, 5.41) is 3.38. The smallest absolute Gasteiger partial charge is 0.276 e. The Labute approximate surface area is 54.7 Å². The van der Waals surface area contributed by atoms with E-state index in [1.165, 1.54) is 6.20 Å². The van der Waals surface area contributed by atoms with Crippen molar-refractivity contribution in [3.05, 3.63) is 18.3 Å². The lowest BCUT2D eigenvalue weighted by Crippen LogP contribution is -1.82. The molecular weight excluding hydrogens is 137 g/mol. The fourth-order valence-corrected chi connectivity index (χ4v) is 0.650.